The predicted octanol–water partition coefficient (Wildman–Crippen LogP) is -0.602. The molecule has 1 fully saturated rings. The third kappa shape index (κ3) is 7.61. The van der Waals surface area contributed by atoms with Crippen LogP contribution in [-0.2, 0) is 19.1 Å². The number of amides is 2. The van der Waals surface area contributed by atoms with Gasteiger partial charge in [0.15, 0.2) is 0 Å². The quantitative estimate of drug-likeness (QED) is 0.583. The zero-order valence-electron chi connectivity index (χ0n) is 12.7. The van der Waals surface area contributed by atoms with Gasteiger partial charge in [-0.2, -0.15) is 0 Å². The number of halogens is 1. The van der Waals surface area contributed by atoms with E-state index in [1.165, 1.54) is 0 Å². The Balaban J connectivity index is 0.00000400. The Morgan fingerprint density at radius 1 is 1.33 bits per heavy atom. The number of methoxy groups -OCH3 is 1. The van der Waals surface area contributed by atoms with Gasteiger partial charge in [-0.3, -0.25) is 9.59 Å². The second-order valence-electron chi connectivity index (χ2n) is 4.64. The lowest BCUT2D eigenvalue weighted by atomic mass is 10.2. The molecule has 0 aliphatic carbocycles. The first-order chi connectivity index (χ1) is 9.69. The van der Waals surface area contributed by atoms with E-state index in [0.717, 1.165) is 0 Å². The fourth-order valence-electron chi connectivity index (χ4n) is 1.96. The maximum absolute atomic E-state index is 12.3. The average molecular weight is 324 g/mol. The summed E-state index contributed by atoms with van der Waals surface area (Å²) in [7, 11) is 1.61. The summed E-state index contributed by atoms with van der Waals surface area (Å²) in [5, 5.41) is 5.72. The molecule has 0 aromatic heterocycles. The van der Waals surface area contributed by atoms with Crippen LogP contribution in [0, 0.1) is 0 Å². The molecule has 21 heavy (non-hydrogen) atoms. The van der Waals surface area contributed by atoms with Crippen molar-refractivity contribution < 1.29 is 19.1 Å². The predicted molar refractivity (Wildman–Crippen MR) is 81.6 cm³/mol. The van der Waals surface area contributed by atoms with Crippen molar-refractivity contribution >= 4 is 24.2 Å². The molecule has 1 rings (SSSR count). The second kappa shape index (κ2) is 11.7. The monoisotopic (exact) mass is 323 g/mol. The van der Waals surface area contributed by atoms with Gasteiger partial charge in [-0.15, -0.1) is 12.4 Å². The molecule has 0 spiro atoms. The van der Waals surface area contributed by atoms with Crippen molar-refractivity contribution in [3.8, 4) is 0 Å². The van der Waals surface area contributed by atoms with Gasteiger partial charge >= 0.3 is 0 Å². The highest BCUT2D eigenvalue weighted by atomic mass is 35.5. The van der Waals surface area contributed by atoms with Gasteiger partial charge in [-0.05, 0) is 6.42 Å². The van der Waals surface area contributed by atoms with E-state index in [2.05, 4.69) is 10.6 Å². The van der Waals surface area contributed by atoms with Crippen LogP contribution >= 0.6 is 12.4 Å². The molecule has 0 aromatic rings. The van der Waals surface area contributed by atoms with E-state index >= 15 is 0 Å². The van der Waals surface area contributed by atoms with Crippen LogP contribution in [-0.4, -0.2) is 75.9 Å². The van der Waals surface area contributed by atoms with Crippen molar-refractivity contribution in [2.75, 3.05) is 53.1 Å². The topological polar surface area (TPSA) is 79.9 Å². The third-order valence-electron chi connectivity index (χ3n) is 3.13. The van der Waals surface area contributed by atoms with Gasteiger partial charge in [-0.1, -0.05) is 6.92 Å². The van der Waals surface area contributed by atoms with Gasteiger partial charge < -0.3 is 25.0 Å². The molecule has 0 aromatic carbocycles. The summed E-state index contributed by atoms with van der Waals surface area (Å²) in [4.78, 5) is 25.8. The van der Waals surface area contributed by atoms with E-state index in [1.54, 1.807) is 12.0 Å². The van der Waals surface area contributed by atoms with E-state index in [1.807, 2.05) is 6.92 Å². The average Bonchev–Trinajstić information content (AvgIpc) is 2.49. The number of nitrogens with one attached hydrogen (secondary N) is 2. The fraction of sp³-hybridized carbons (Fsp3) is 0.846. The van der Waals surface area contributed by atoms with Crippen molar-refractivity contribution in [2.24, 2.45) is 0 Å². The molecule has 1 heterocycles. The van der Waals surface area contributed by atoms with Crippen molar-refractivity contribution in [1.29, 1.82) is 0 Å². The van der Waals surface area contributed by atoms with Gasteiger partial charge in [0.25, 0.3) is 0 Å². The minimum atomic E-state index is -0.454. The second-order valence-corrected chi connectivity index (χ2v) is 4.64. The summed E-state index contributed by atoms with van der Waals surface area (Å²) < 4.78 is 10.1. The molecule has 124 valence electrons. The standard InChI is InChI=1S/C13H25N3O4.ClH/c1-3-11(13(18)16-5-8-20-9-6-16)15-12(17)10-14-4-7-19-2;/h11,14H,3-10H2,1-2H3,(H,15,17);1H. The van der Waals surface area contributed by atoms with Crippen LogP contribution in [0.1, 0.15) is 13.3 Å². The molecule has 1 aliphatic rings. The number of nitrogens with zero attached hydrogens (tertiary/aromatic N) is 1. The van der Waals surface area contributed by atoms with E-state index in [4.69, 9.17) is 9.47 Å². The molecule has 2 amide bonds. The molecule has 7 nitrogen and oxygen atoms in total. The number of carbonyl (C=O) groups is 2. The molecule has 0 bridgehead atoms. The van der Waals surface area contributed by atoms with Crippen LogP contribution in [0.2, 0.25) is 0 Å². The van der Waals surface area contributed by atoms with E-state index < -0.39 is 6.04 Å². The van der Waals surface area contributed by atoms with Crippen LogP contribution < -0.4 is 10.6 Å². The number of morpholine rings is 1. The minimum absolute atomic E-state index is 0. The highest BCUT2D eigenvalue weighted by Gasteiger charge is 2.25. The van der Waals surface area contributed by atoms with E-state index in [0.29, 0.717) is 45.9 Å². The maximum Gasteiger partial charge on any atom is 0.245 e. The lowest BCUT2D eigenvalue weighted by Gasteiger charge is -2.30. The first-order valence-electron chi connectivity index (χ1n) is 7.04. The molecule has 1 saturated heterocycles. The summed E-state index contributed by atoms with van der Waals surface area (Å²) in [6.45, 7) is 5.56. The zero-order chi connectivity index (χ0) is 14.8. The Hall–Kier alpha value is -0.890. The lowest BCUT2D eigenvalue weighted by molar-refractivity contribution is -0.139. The lowest BCUT2D eigenvalue weighted by Crippen LogP contribution is -2.52. The highest BCUT2D eigenvalue weighted by molar-refractivity contribution is 5.88. The van der Waals surface area contributed by atoms with Crippen molar-refractivity contribution in [1.82, 2.24) is 15.5 Å². The van der Waals surface area contributed by atoms with Crippen LogP contribution in [0.15, 0.2) is 0 Å². The van der Waals surface area contributed by atoms with Crippen LogP contribution in [0.3, 0.4) is 0 Å². The Morgan fingerprint density at radius 3 is 2.57 bits per heavy atom. The zero-order valence-corrected chi connectivity index (χ0v) is 13.5. The van der Waals surface area contributed by atoms with E-state index in [9.17, 15) is 9.59 Å². The molecule has 8 heteroatoms. The number of rotatable bonds is 8. The van der Waals surface area contributed by atoms with E-state index in [-0.39, 0.29) is 30.8 Å². The number of hydrogen-bond donors (Lipinski definition) is 2. The maximum atomic E-state index is 12.3. The Kier molecular flexibility index (Phi) is 11.2. The van der Waals surface area contributed by atoms with Crippen molar-refractivity contribution in [2.45, 2.75) is 19.4 Å². The van der Waals surface area contributed by atoms with Gasteiger partial charge in [-0.25, -0.2) is 0 Å². The SMILES string of the molecule is CCC(NC(=O)CNCCOC)C(=O)N1CCOCC1.Cl. The first kappa shape index (κ1) is 20.1. The van der Waals surface area contributed by atoms with Gasteiger partial charge in [0.1, 0.15) is 6.04 Å². The van der Waals surface area contributed by atoms with Crippen molar-refractivity contribution in [3.05, 3.63) is 0 Å². The Morgan fingerprint density at radius 2 is 2.00 bits per heavy atom. The summed E-state index contributed by atoms with van der Waals surface area (Å²) in [6, 6.07) is -0.454. The molecular formula is C13H26ClN3O4. The number of ether oxygens (including phenoxy) is 2. The van der Waals surface area contributed by atoms with Crippen LogP contribution in [0.4, 0.5) is 0 Å². The van der Waals surface area contributed by atoms with Crippen molar-refractivity contribution in [3.63, 3.8) is 0 Å². The molecule has 0 radical (unpaired) electrons. The summed E-state index contributed by atoms with van der Waals surface area (Å²) >= 11 is 0. The molecule has 2 N–H and O–H groups in total. The van der Waals surface area contributed by atoms with Crippen LogP contribution in [0.5, 0.6) is 0 Å². The van der Waals surface area contributed by atoms with Gasteiger partial charge in [0.2, 0.25) is 11.8 Å². The smallest absolute Gasteiger partial charge is 0.245 e. The summed E-state index contributed by atoms with van der Waals surface area (Å²) in [5.74, 6) is -0.199. The minimum Gasteiger partial charge on any atom is -0.383 e. The van der Waals surface area contributed by atoms with Crippen LogP contribution in [0.25, 0.3) is 0 Å². The Labute approximate surface area is 132 Å². The third-order valence-corrected chi connectivity index (χ3v) is 3.13. The molecule has 1 atom stereocenters. The molecule has 1 aliphatic heterocycles. The number of hydrogen-bond acceptors (Lipinski definition) is 5. The van der Waals surface area contributed by atoms with Gasteiger partial charge in [0, 0.05) is 26.7 Å². The molecule has 1 unspecified atom stereocenters. The number of carbonyl (C=O) groups excluding carboxylic acids is 2. The largest absolute Gasteiger partial charge is 0.383 e. The normalized spacial score (nSPS) is 16.0. The first-order valence-corrected chi connectivity index (χ1v) is 7.04. The summed E-state index contributed by atoms with van der Waals surface area (Å²) in [5.41, 5.74) is 0. The summed E-state index contributed by atoms with van der Waals surface area (Å²) in [6.07, 6.45) is 0.583. The fourth-order valence-corrected chi connectivity index (χ4v) is 1.96. The highest BCUT2D eigenvalue weighted by Crippen LogP contribution is 2.03. The Bertz CT molecular complexity index is 312. The molecule has 0 saturated carbocycles. The molecular weight excluding hydrogens is 298 g/mol. The van der Waals surface area contributed by atoms with Gasteiger partial charge in [0.05, 0.1) is 26.4 Å².